The van der Waals surface area contributed by atoms with Gasteiger partial charge in [-0.3, -0.25) is 0 Å². The molecule has 0 aromatic heterocycles. The van der Waals surface area contributed by atoms with Gasteiger partial charge in [-0.2, -0.15) is 13.2 Å². The highest BCUT2D eigenvalue weighted by Gasteiger charge is 2.37. The standard InChI is InChI=1S/C9H18F3N3/c1-15-4-2-3-8(5-13,7-15)14-6-9(10,11)12/h14H,2-7,13H2,1H3. The molecule has 1 aliphatic heterocycles. The largest absolute Gasteiger partial charge is 0.401 e. The number of hydrogen-bond donors (Lipinski definition) is 2. The number of piperidine rings is 1. The summed E-state index contributed by atoms with van der Waals surface area (Å²) in [5.74, 6) is 0. The average molecular weight is 225 g/mol. The van der Waals surface area contributed by atoms with E-state index in [1.54, 1.807) is 0 Å². The number of hydrogen-bond acceptors (Lipinski definition) is 3. The third kappa shape index (κ3) is 3.96. The van der Waals surface area contributed by atoms with Crippen LogP contribution in [0.15, 0.2) is 0 Å². The fourth-order valence-electron chi connectivity index (χ4n) is 2.03. The predicted molar refractivity (Wildman–Crippen MR) is 52.6 cm³/mol. The van der Waals surface area contributed by atoms with Crippen molar-refractivity contribution in [2.75, 3.05) is 33.2 Å². The van der Waals surface area contributed by atoms with Crippen LogP contribution in [-0.2, 0) is 0 Å². The molecule has 0 saturated carbocycles. The molecule has 3 N–H and O–H groups in total. The summed E-state index contributed by atoms with van der Waals surface area (Å²) >= 11 is 0. The SMILES string of the molecule is CN1CCCC(CN)(NCC(F)(F)F)C1. The number of nitrogens with zero attached hydrogens (tertiary/aromatic N) is 1. The lowest BCUT2D eigenvalue weighted by Gasteiger charge is -2.41. The first-order chi connectivity index (χ1) is 6.87. The maximum Gasteiger partial charge on any atom is 0.401 e. The monoisotopic (exact) mass is 225 g/mol. The van der Waals surface area contributed by atoms with Gasteiger partial charge in [0.1, 0.15) is 0 Å². The van der Waals surface area contributed by atoms with Crippen molar-refractivity contribution < 1.29 is 13.2 Å². The molecule has 1 aliphatic rings. The second-order valence-electron chi connectivity index (χ2n) is 4.29. The third-order valence-electron chi connectivity index (χ3n) is 2.82. The van der Waals surface area contributed by atoms with Crippen molar-refractivity contribution in [3.8, 4) is 0 Å². The number of likely N-dealkylation sites (tertiary alicyclic amines) is 1. The van der Waals surface area contributed by atoms with Crippen LogP contribution in [0.25, 0.3) is 0 Å². The second-order valence-corrected chi connectivity index (χ2v) is 4.29. The van der Waals surface area contributed by atoms with E-state index in [1.807, 2.05) is 11.9 Å². The van der Waals surface area contributed by atoms with Gasteiger partial charge in [-0.1, -0.05) is 0 Å². The van der Waals surface area contributed by atoms with Gasteiger partial charge >= 0.3 is 6.18 Å². The highest BCUT2D eigenvalue weighted by atomic mass is 19.4. The molecule has 1 atom stereocenters. The average Bonchev–Trinajstić information content (AvgIpc) is 2.14. The summed E-state index contributed by atoms with van der Waals surface area (Å²) in [7, 11) is 1.90. The van der Waals surface area contributed by atoms with Gasteiger partial charge in [-0.05, 0) is 26.4 Å². The summed E-state index contributed by atoms with van der Waals surface area (Å²) in [6, 6.07) is 0. The number of halogens is 3. The van der Waals surface area contributed by atoms with E-state index in [9.17, 15) is 13.2 Å². The van der Waals surface area contributed by atoms with Crippen molar-refractivity contribution in [3.63, 3.8) is 0 Å². The molecule has 6 heteroatoms. The molecule has 1 saturated heterocycles. The van der Waals surface area contributed by atoms with E-state index in [-0.39, 0.29) is 6.54 Å². The van der Waals surface area contributed by atoms with Crippen LogP contribution in [-0.4, -0.2) is 49.8 Å². The Balaban J connectivity index is 2.52. The Morgan fingerprint density at radius 2 is 2.13 bits per heavy atom. The van der Waals surface area contributed by atoms with Crippen LogP contribution in [0.3, 0.4) is 0 Å². The van der Waals surface area contributed by atoms with Crippen LogP contribution in [0.5, 0.6) is 0 Å². The van der Waals surface area contributed by atoms with Gasteiger partial charge in [0.25, 0.3) is 0 Å². The summed E-state index contributed by atoms with van der Waals surface area (Å²) in [6.45, 7) is 0.792. The Bertz CT molecular complexity index is 207. The second kappa shape index (κ2) is 4.67. The Labute approximate surface area is 87.8 Å². The molecule has 0 aromatic carbocycles. The van der Waals surface area contributed by atoms with Crippen LogP contribution in [0.1, 0.15) is 12.8 Å². The molecule has 0 amide bonds. The Morgan fingerprint density at radius 3 is 2.60 bits per heavy atom. The highest BCUT2D eigenvalue weighted by Crippen LogP contribution is 2.21. The lowest BCUT2D eigenvalue weighted by atomic mass is 9.89. The number of alkyl halides is 3. The van der Waals surface area contributed by atoms with Gasteiger partial charge in [0.05, 0.1) is 6.54 Å². The van der Waals surface area contributed by atoms with E-state index in [4.69, 9.17) is 5.73 Å². The summed E-state index contributed by atoms with van der Waals surface area (Å²) < 4.78 is 36.3. The molecule has 0 aliphatic carbocycles. The minimum atomic E-state index is -4.17. The zero-order chi connectivity index (χ0) is 11.5. The Kier molecular flexibility index (Phi) is 3.97. The Morgan fingerprint density at radius 1 is 1.47 bits per heavy atom. The molecule has 0 radical (unpaired) electrons. The molecule has 0 spiro atoms. The van der Waals surface area contributed by atoms with Gasteiger partial charge in [0.2, 0.25) is 0 Å². The molecule has 15 heavy (non-hydrogen) atoms. The normalized spacial score (nSPS) is 29.4. The fourth-order valence-corrected chi connectivity index (χ4v) is 2.03. The quantitative estimate of drug-likeness (QED) is 0.737. The summed E-state index contributed by atoms with van der Waals surface area (Å²) in [6.07, 6.45) is -2.57. The molecule has 1 rings (SSSR count). The zero-order valence-corrected chi connectivity index (χ0v) is 8.90. The fraction of sp³-hybridized carbons (Fsp3) is 1.00. The van der Waals surface area contributed by atoms with Crippen molar-refractivity contribution in [2.24, 2.45) is 5.73 Å². The first-order valence-electron chi connectivity index (χ1n) is 5.07. The third-order valence-corrected chi connectivity index (χ3v) is 2.82. The maximum atomic E-state index is 12.1. The molecule has 1 fully saturated rings. The summed E-state index contributed by atoms with van der Waals surface area (Å²) in [5.41, 5.74) is 5.01. The van der Waals surface area contributed by atoms with Gasteiger partial charge in [0, 0.05) is 18.6 Å². The highest BCUT2D eigenvalue weighted by molar-refractivity contribution is 4.95. The van der Waals surface area contributed by atoms with Crippen LogP contribution < -0.4 is 11.1 Å². The van der Waals surface area contributed by atoms with Crippen molar-refractivity contribution in [2.45, 2.75) is 24.6 Å². The van der Waals surface area contributed by atoms with E-state index in [2.05, 4.69) is 5.32 Å². The Hall–Kier alpha value is -0.330. The first kappa shape index (κ1) is 12.7. The minimum absolute atomic E-state index is 0.243. The molecule has 0 aromatic rings. The van der Waals surface area contributed by atoms with Crippen LogP contribution >= 0.6 is 0 Å². The molecule has 0 bridgehead atoms. The lowest BCUT2D eigenvalue weighted by Crippen LogP contribution is -2.61. The van der Waals surface area contributed by atoms with Gasteiger partial charge in [-0.15, -0.1) is 0 Å². The number of rotatable bonds is 3. The van der Waals surface area contributed by atoms with Gasteiger partial charge in [-0.25, -0.2) is 0 Å². The van der Waals surface area contributed by atoms with E-state index in [0.717, 1.165) is 13.0 Å². The minimum Gasteiger partial charge on any atom is -0.329 e. The van der Waals surface area contributed by atoms with E-state index >= 15 is 0 Å². The van der Waals surface area contributed by atoms with Gasteiger partial charge in [0.15, 0.2) is 0 Å². The molecule has 90 valence electrons. The topological polar surface area (TPSA) is 41.3 Å². The van der Waals surface area contributed by atoms with Crippen molar-refractivity contribution in [1.82, 2.24) is 10.2 Å². The molecule has 3 nitrogen and oxygen atoms in total. The first-order valence-corrected chi connectivity index (χ1v) is 5.07. The van der Waals surface area contributed by atoms with E-state index in [0.29, 0.717) is 13.0 Å². The molecular formula is C9H18F3N3. The van der Waals surface area contributed by atoms with Crippen molar-refractivity contribution >= 4 is 0 Å². The summed E-state index contributed by atoms with van der Waals surface area (Å²) in [4.78, 5) is 2.01. The smallest absolute Gasteiger partial charge is 0.329 e. The number of likely N-dealkylation sites (N-methyl/N-ethyl adjacent to an activating group) is 1. The van der Waals surface area contributed by atoms with Crippen LogP contribution in [0.2, 0.25) is 0 Å². The predicted octanol–water partition coefficient (Wildman–Crippen LogP) is 0.561. The lowest BCUT2D eigenvalue weighted by molar-refractivity contribution is -0.130. The number of nitrogens with two attached hydrogens (primary N) is 1. The number of nitrogens with one attached hydrogen (secondary N) is 1. The van der Waals surface area contributed by atoms with E-state index < -0.39 is 18.3 Å². The summed E-state index contributed by atoms with van der Waals surface area (Å²) in [5, 5.41) is 2.56. The molecule has 1 heterocycles. The molecule has 1 unspecified atom stereocenters. The van der Waals surface area contributed by atoms with Crippen molar-refractivity contribution in [1.29, 1.82) is 0 Å². The van der Waals surface area contributed by atoms with E-state index in [1.165, 1.54) is 0 Å². The van der Waals surface area contributed by atoms with Gasteiger partial charge < -0.3 is 16.0 Å². The maximum absolute atomic E-state index is 12.1. The zero-order valence-electron chi connectivity index (χ0n) is 8.90. The van der Waals surface area contributed by atoms with Crippen LogP contribution in [0.4, 0.5) is 13.2 Å². The van der Waals surface area contributed by atoms with Crippen LogP contribution in [0, 0.1) is 0 Å². The molecular weight excluding hydrogens is 207 g/mol. The van der Waals surface area contributed by atoms with Crippen molar-refractivity contribution in [3.05, 3.63) is 0 Å².